The van der Waals surface area contributed by atoms with Gasteiger partial charge in [0.05, 0.1) is 12.1 Å². The average Bonchev–Trinajstić information content (AvgIpc) is 2.34. The summed E-state index contributed by atoms with van der Waals surface area (Å²) < 4.78 is 5.58. The number of hydrogen-bond acceptors (Lipinski definition) is 4. The van der Waals surface area contributed by atoms with Crippen molar-refractivity contribution in [2.45, 2.75) is 45.8 Å². The number of nitrogens with zero attached hydrogens (tertiary/aromatic N) is 2. The predicted molar refractivity (Wildman–Crippen MR) is 68.8 cm³/mol. The van der Waals surface area contributed by atoms with Gasteiger partial charge in [0.25, 0.3) is 0 Å². The Morgan fingerprint density at radius 3 is 2.59 bits per heavy atom. The zero-order chi connectivity index (χ0) is 12.5. The van der Waals surface area contributed by atoms with Gasteiger partial charge in [0.15, 0.2) is 0 Å². The normalized spacial score (nSPS) is 12.9. The van der Waals surface area contributed by atoms with Gasteiger partial charge in [-0.1, -0.05) is 6.92 Å². The summed E-state index contributed by atoms with van der Waals surface area (Å²) in [6.07, 6.45) is 5.85. The molecule has 4 heteroatoms. The van der Waals surface area contributed by atoms with Crippen LogP contribution in [0.4, 0.5) is 0 Å². The first kappa shape index (κ1) is 14.1. The molecular weight excluding hydrogens is 214 g/mol. The van der Waals surface area contributed by atoms with Crippen molar-refractivity contribution < 1.29 is 4.74 Å². The first-order chi connectivity index (χ1) is 8.24. The highest BCUT2D eigenvalue weighted by molar-refractivity contribution is 4.95. The van der Waals surface area contributed by atoms with E-state index in [-0.39, 0.29) is 12.1 Å². The van der Waals surface area contributed by atoms with E-state index in [0.717, 1.165) is 31.8 Å². The van der Waals surface area contributed by atoms with Crippen LogP contribution in [0.2, 0.25) is 0 Å². The van der Waals surface area contributed by atoms with E-state index in [1.807, 2.05) is 19.9 Å². The molecule has 0 saturated heterocycles. The van der Waals surface area contributed by atoms with Gasteiger partial charge >= 0.3 is 0 Å². The third-order valence-corrected chi connectivity index (χ3v) is 2.40. The molecule has 4 nitrogen and oxygen atoms in total. The van der Waals surface area contributed by atoms with Crippen molar-refractivity contribution in [3.63, 3.8) is 0 Å². The number of ether oxygens (including phenoxy) is 1. The van der Waals surface area contributed by atoms with Gasteiger partial charge in [-0.25, -0.2) is 9.97 Å². The van der Waals surface area contributed by atoms with E-state index in [1.54, 1.807) is 12.4 Å². The molecule has 0 amide bonds. The van der Waals surface area contributed by atoms with Gasteiger partial charge in [-0.15, -0.1) is 0 Å². The fourth-order valence-electron chi connectivity index (χ4n) is 1.55. The maximum atomic E-state index is 5.58. The van der Waals surface area contributed by atoms with Crippen LogP contribution in [0.1, 0.15) is 45.5 Å². The monoisotopic (exact) mass is 237 g/mol. The highest BCUT2D eigenvalue weighted by Crippen LogP contribution is 2.12. The Bertz CT molecular complexity index is 290. The molecule has 1 unspecified atom stereocenters. The lowest BCUT2D eigenvalue weighted by Gasteiger charge is -2.17. The highest BCUT2D eigenvalue weighted by atomic mass is 16.5. The summed E-state index contributed by atoms with van der Waals surface area (Å²) in [6.45, 7) is 7.96. The van der Waals surface area contributed by atoms with Crippen LogP contribution in [0.3, 0.4) is 0 Å². The predicted octanol–water partition coefficient (Wildman–Crippen LogP) is 2.33. The summed E-state index contributed by atoms with van der Waals surface area (Å²) in [5.41, 5.74) is 0. The first-order valence-corrected chi connectivity index (χ1v) is 6.36. The molecule has 0 bridgehead atoms. The first-order valence-electron chi connectivity index (χ1n) is 6.36. The minimum absolute atomic E-state index is 0.190. The van der Waals surface area contributed by atoms with E-state index in [9.17, 15) is 0 Å². The Hall–Kier alpha value is -1.00. The molecule has 0 saturated carbocycles. The Kier molecular flexibility index (Phi) is 6.74. The van der Waals surface area contributed by atoms with E-state index >= 15 is 0 Å². The second-order valence-electron chi connectivity index (χ2n) is 4.32. The van der Waals surface area contributed by atoms with Crippen molar-refractivity contribution in [1.82, 2.24) is 15.3 Å². The molecule has 0 radical (unpaired) electrons. The molecule has 0 aromatic carbocycles. The summed E-state index contributed by atoms with van der Waals surface area (Å²) >= 11 is 0. The van der Waals surface area contributed by atoms with Crippen molar-refractivity contribution in [1.29, 1.82) is 0 Å². The largest absolute Gasteiger partial charge is 0.379 e. The van der Waals surface area contributed by atoms with Gasteiger partial charge in [0.2, 0.25) is 0 Å². The number of hydrogen-bond donors (Lipinski definition) is 1. The van der Waals surface area contributed by atoms with Crippen LogP contribution in [0.5, 0.6) is 0 Å². The van der Waals surface area contributed by atoms with Crippen molar-refractivity contribution in [2.75, 3.05) is 13.2 Å². The molecule has 17 heavy (non-hydrogen) atoms. The summed E-state index contributed by atoms with van der Waals surface area (Å²) in [6, 6.07) is 2.03. The lowest BCUT2D eigenvalue weighted by atomic mass is 10.2. The van der Waals surface area contributed by atoms with Gasteiger partial charge in [-0.05, 0) is 39.3 Å². The van der Waals surface area contributed by atoms with E-state index in [2.05, 4.69) is 22.2 Å². The van der Waals surface area contributed by atoms with Crippen molar-refractivity contribution in [2.24, 2.45) is 0 Å². The third kappa shape index (κ3) is 5.75. The third-order valence-electron chi connectivity index (χ3n) is 2.40. The number of rotatable bonds is 8. The topological polar surface area (TPSA) is 47.0 Å². The van der Waals surface area contributed by atoms with Crippen LogP contribution < -0.4 is 5.32 Å². The zero-order valence-corrected chi connectivity index (χ0v) is 11.0. The van der Waals surface area contributed by atoms with Crippen LogP contribution in [-0.2, 0) is 4.74 Å². The Morgan fingerprint density at radius 2 is 2.00 bits per heavy atom. The maximum absolute atomic E-state index is 5.58. The average molecular weight is 237 g/mol. The quantitative estimate of drug-likeness (QED) is 0.754. The second kappa shape index (κ2) is 8.14. The minimum atomic E-state index is 0.190. The van der Waals surface area contributed by atoms with Gasteiger partial charge in [-0.2, -0.15) is 0 Å². The molecule has 1 N–H and O–H groups in total. The molecule has 0 spiro atoms. The van der Waals surface area contributed by atoms with Crippen LogP contribution in [0, 0.1) is 0 Å². The summed E-state index contributed by atoms with van der Waals surface area (Å²) in [4.78, 5) is 8.60. The van der Waals surface area contributed by atoms with Crippen LogP contribution in [0.15, 0.2) is 18.5 Å². The molecule has 1 aromatic rings. The molecule has 96 valence electrons. The van der Waals surface area contributed by atoms with Crippen LogP contribution >= 0.6 is 0 Å². The van der Waals surface area contributed by atoms with E-state index in [0.29, 0.717) is 0 Å². The minimum Gasteiger partial charge on any atom is -0.379 e. The fraction of sp³-hybridized carbons (Fsp3) is 0.692. The fourth-order valence-corrected chi connectivity index (χ4v) is 1.55. The van der Waals surface area contributed by atoms with E-state index < -0.39 is 0 Å². The Morgan fingerprint density at radius 1 is 1.29 bits per heavy atom. The molecule has 1 atom stereocenters. The van der Waals surface area contributed by atoms with Crippen molar-refractivity contribution in [3.05, 3.63) is 24.3 Å². The zero-order valence-electron chi connectivity index (χ0n) is 11.0. The summed E-state index contributed by atoms with van der Waals surface area (Å²) in [5, 5.41) is 3.45. The molecule has 0 aliphatic heterocycles. The molecule has 0 aliphatic rings. The molecular formula is C13H23N3O. The molecule has 1 heterocycles. The van der Waals surface area contributed by atoms with Crippen LogP contribution in [-0.4, -0.2) is 29.2 Å². The lowest BCUT2D eigenvalue weighted by Crippen LogP contribution is -2.25. The smallest absolute Gasteiger partial charge is 0.145 e. The van der Waals surface area contributed by atoms with E-state index in [1.165, 1.54) is 0 Å². The maximum Gasteiger partial charge on any atom is 0.145 e. The lowest BCUT2D eigenvalue weighted by molar-refractivity contribution is 0.0709. The van der Waals surface area contributed by atoms with Gasteiger partial charge < -0.3 is 10.1 Å². The van der Waals surface area contributed by atoms with Crippen LogP contribution in [0.25, 0.3) is 0 Å². The molecule has 1 aromatic heterocycles. The highest BCUT2D eigenvalue weighted by Gasteiger charge is 2.13. The van der Waals surface area contributed by atoms with Gasteiger partial charge in [0.1, 0.15) is 5.82 Å². The Balaban J connectivity index is 2.48. The van der Waals surface area contributed by atoms with E-state index in [4.69, 9.17) is 4.74 Å². The SMILES string of the molecule is CCCNC(CCOC(C)C)c1ncccn1. The Labute approximate surface area is 104 Å². The van der Waals surface area contributed by atoms with Crippen molar-refractivity contribution in [3.8, 4) is 0 Å². The standard InChI is InChI=1S/C13H23N3O/c1-4-7-14-12(6-10-17-11(2)3)13-15-8-5-9-16-13/h5,8-9,11-12,14H,4,6-7,10H2,1-3H3. The van der Waals surface area contributed by atoms with Crippen molar-refractivity contribution >= 4 is 0 Å². The molecule has 1 rings (SSSR count). The van der Waals surface area contributed by atoms with Gasteiger partial charge in [0, 0.05) is 19.0 Å². The number of nitrogens with one attached hydrogen (secondary N) is 1. The number of aromatic nitrogens is 2. The summed E-state index contributed by atoms with van der Waals surface area (Å²) in [7, 11) is 0. The molecule has 0 fully saturated rings. The van der Waals surface area contributed by atoms with Gasteiger partial charge in [-0.3, -0.25) is 0 Å². The second-order valence-corrected chi connectivity index (χ2v) is 4.32. The summed E-state index contributed by atoms with van der Waals surface area (Å²) in [5.74, 6) is 0.855. The molecule has 0 aliphatic carbocycles.